The largest absolute Gasteiger partial charge is 0.298 e. The Labute approximate surface area is 138 Å². The van der Waals surface area contributed by atoms with Gasteiger partial charge in [0.05, 0.1) is 0 Å². The lowest BCUT2D eigenvalue weighted by atomic mass is 10.1. The fourth-order valence-electron chi connectivity index (χ4n) is 1.79. The van der Waals surface area contributed by atoms with E-state index in [9.17, 15) is 4.79 Å². The van der Waals surface area contributed by atoms with E-state index >= 15 is 0 Å². The summed E-state index contributed by atoms with van der Waals surface area (Å²) in [6.45, 7) is 5.77. The van der Waals surface area contributed by atoms with Crippen LogP contribution in [0.25, 0.3) is 0 Å². The van der Waals surface area contributed by atoms with Gasteiger partial charge in [0, 0.05) is 5.56 Å². The third kappa shape index (κ3) is 3.63. The normalized spacial score (nSPS) is 10.4. The average Bonchev–Trinajstić information content (AvgIpc) is 2.82. The number of carbonyl (C=O) groups is 1. The lowest BCUT2D eigenvalue weighted by molar-refractivity contribution is 0.0977. The van der Waals surface area contributed by atoms with Crippen molar-refractivity contribution in [1.82, 2.24) is 20.2 Å². The van der Waals surface area contributed by atoms with Crippen LogP contribution in [0.3, 0.4) is 0 Å². The monoisotopic (exact) mass is 335 g/mol. The second-order valence-electron chi connectivity index (χ2n) is 4.76. The minimum absolute atomic E-state index is 0.196. The molecule has 2 aromatic rings. The summed E-state index contributed by atoms with van der Waals surface area (Å²) in [5.41, 5.74) is 5.68. The number of hydrogen-bond donors (Lipinski definition) is 2. The highest BCUT2D eigenvalue weighted by Crippen LogP contribution is 2.11. The molecule has 1 heterocycles. The van der Waals surface area contributed by atoms with Crippen molar-refractivity contribution in [3.8, 4) is 0 Å². The van der Waals surface area contributed by atoms with E-state index in [4.69, 9.17) is 12.2 Å². The molecular formula is C14H17N5OS2. The molecule has 0 aliphatic rings. The van der Waals surface area contributed by atoms with Gasteiger partial charge in [-0.2, -0.15) is 0 Å². The Kier molecular flexibility index (Phi) is 5.15. The zero-order valence-electron chi connectivity index (χ0n) is 12.8. The van der Waals surface area contributed by atoms with Crippen molar-refractivity contribution < 1.29 is 4.79 Å². The molecule has 6 nitrogen and oxygen atoms in total. The Morgan fingerprint density at radius 3 is 2.59 bits per heavy atom. The van der Waals surface area contributed by atoms with Crippen molar-refractivity contribution in [1.29, 1.82) is 0 Å². The number of hydrogen-bond acceptors (Lipinski definition) is 5. The highest BCUT2D eigenvalue weighted by molar-refractivity contribution is 7.98. The summed E-state index contributed by atoms with van der Waals surface area (Å²) < 4.78 is 1.63. The predicted octanol–water partition coefficient (Wildman–Crippen LogP) is 2.18. The van der Waals surface area contributed by atoms with Crippen LogP contribution in [0.4, 0.5) is 0 Å². The van der Waals surface area contributed by atoms with Gasteiger partial charge in [0.1, 0.15) is 5.82 Å². The molecule has 0 unspecified atom stereocenters. The molecule has 0 radical (unpaired) electrons. The highest BCUT2D eigenvalue weighted by Gasteiger charge is 2.12. The number of carbonyl (C=O) groups excluding carboxylic acids is 1. The summed E-state index contributed by atoms with van der Waals surface area (Å²) >= 11 is 6.61. The molecule has 0 saturated heterocycles. The maximum absolute atomic E-state index is 12.2. The Morgan fingerprint density at radius 1 is 1.23 bits per heavy atom. The van der Waals surface area contributed by atoms with Gasteiger partial charge in [-0.25, -0.2) is 4.68 Å². The quantitative estimate of drug-likeness (QED) is 0.662. The van der Waals surface area contributed by atoms with Gasteiger partial charge in [-0.1, -0.05) is 17.8 Å². The van der Waals surface area contributed by atoms with Gasteiger partial charge >= 0.3 is 0 Å². The predicted molar refractivity (Wildman–Crippen MR) is 91.9 cm³/mol. The summed E-state index contributed by atoms with van der Waals surface area (Å²) in [5, 5.41) is 11.5. The fraction of sp³-hybridized carbons (Fsp3) is 0.286. The van der Waals surface area contributed by atoms with Gasteiger partial charge in [0.15, 0.2) is 5.11 Å². The van der Waals surface area contributed by atoms with Crippen LogP contribution in [0.5, 0.6) is 0 Å². The van der Waals surface area contributed by atoms with Gasteiger partial charge in [0.2, 0.25) is 5.16 Å². The van der Waals surface area contributed by atoms with Crippen molar-refractivity contribution in [2.75, 3.05) is 11.7 Å². The van der Waals surface area contributed by atoms with Crippen molar-refractivity contribution in [3.05, 3.63) is 40.7 Å². The second-order valence-corrected chi connectivity index (χ2v) is 5.95. The van der Waals surface area contributed by atoms with Crippen LogP contribution in [-0.2, 0) is 0 Å². The number of thioether (sulfide) groups is 1. The van der Waals surface area contributed by atoms with Gasteiger partial charge in [0.25, 0.3) is 5.91 Å². The van der Waals surface area contributed by atoms with Crippen molar-refractivity contribution in [2.24, 2.45) is 0 Å². The number of aromatic nitrogens is 3. The number of rotatable bonds is 3. The molecular weight excluding hydrogens is 318 g/mol. The molecule has 2 rings (SSSR count). The molecule has 1 amide bonds. The molecule has 8 heteroatoms. The van der Waals surface area contributed by atoms with Crippen LogP contribution in [-0.4, -0.2) is 32.1 Å². The van der Waals surface area contributed by atoms with Crippen molar-refractivity contribution >= 4 is 35.0 Å². The molecule has 0 aliphatic heterocycles. The zero-order valence-corrected chi connectivity index (χ0v) is 14.4. The number of aryl methyl sites for hydroxylation is 3. The molecule has 0 atom stereocenters. The molecule has 0 aliphatic carbocycles. The highest BCUT2D eigenvalue weighted by atomic mass is 32.2. The van der Waals surface area contributed by atoms with E-state index in [1.54, 1.807) is 17.7 Å². The lowest BCUT2D eigenvalue weighted by Crippen LogP contribution is -2.38. The molecule has 2 N–H and O–H groups in total. The third-order valence-electron chi connectivity index (χ3n) is 3.19. The average molecular weight is 335 g/mol. The molecule has 0 saturated carbocycles. The number of benzene rings is 1. The summed E-state index contributed by atoms with van der Waals surface area (Å²) in [5.74, 6) is 0.407. The van der Waals surface area contributed by atoms with Crippen LogP contribution in [0, 0.1) is 20.8 Å². The number of thiocarbonyl (C=S) groups is 1. The first-order valence-corrected chi connectivity index (χ1v) is 8.21. The van der Waals surface area contributed by atoms with Crippen molar-refractivity contribution in [2.45, 2.75) is 25.9 Å². The molecule has 0 fully saturated rings. The molecule has 22 heavy (non-hydrogen) atoms. The van der Waals surface area contributed by atoms with Gasteiger partial charge in [-0.05, 0) is 62.5 Å². The first-order valence-electron chi connectivity index (χ1n) is 6.58. The Bertz CT molecular complexity index is 726. The summed E-state index contributed by atoms with van der Waals surface area (Å²) in [6, 6.07) is 5.53. The van der Waals surface area contributed by atoms with E-state index in [0.29, 0.717) is 16.5 Å². The van der Waals surface area contributed by atoms with Crippen molar-refractivity contribution in [3.63, 3.8) is 0 Å². The van der Waals surface area contributed by atoms with E-state index in [2.05, 4.69) is 20.9 Å². The summed E-state index contributed by atoms with van der Waals surface area (Å²) in [4.78, 5) is 12.2. The van der Waals surface area contributed by atoms with Gasteiger partial charge in [-0.15, -0.1) is 10.2 Å². The minimum atomic E-state index is -0.253. The van der Waals surface area contributed by atoms with Gasteiger partial charge < -0.3 is 0 Å². The number of nitrogens with zero attached hydrogens (tertiary/aromatic N) is 3. The molecule has 116 valence electrons. The summed E-state index contributed by atoms with van der Waals surface area (Å²) in [7, 11) is 0. The molecule has 1 aromatic heterocycles. The Morgan fingerprint density at radius 2 is 1.95 bits per heavy atom. The Hall–Kier alpha value is -1.93. The minimum Gasteiger partial charge on any atom is -0.298 e. The van der Waals surface area contributed by atoms with E-state index < -0.39 is 0 Å². The topological polar surface area (TPSA) is 71.8 Å². The maximum atomic E-state index is 12.2. The van der Waals surface area contributed by atoms with Gasteiger partial charge in [-0.3, -0.25) is 15.5 Å². The third-order valence-corrected chi connectivity index (χ3v) is 4.01. The van der Waals surface area contributed by atoms with E-state index in [1.807, 2.05) is 32.2 Å². The smallest absolute Gasteiger partial charge is 0.257 e. The second kappa shape index (κ2) is 6.89. The van der Waals surface area contributed by atoms with Crippen LogP contribution < -0.4 is 10.7 Å². The van der Waals surface area contributed by atoms with Crippen LogP contribution in [0.1, 0.15) is 27.3 Å². The zero-order chi connectivity index (χ0) is 16.3. The lowest BCUT2D eigenvalue weighted by Gasteiger charge is -2.12. The van der Waals surface area contributed by atoms with Crippen LogP contribution >= 0.6 is 24.0 Å². The summed E-state index contributed by atoms with van der Waals surface area (Å²) in [6.07, 6.45) is 1.89. The molecule has 0 spiro atoms. The maximum Gasteiger partial charge on any atom is 0.257 e. The number of amides is 1. The van der Waals surface area contributed by atoms with E-state index in [1.165, 1.54) is 11.8 Å². The molecule has 1 aromatic carbocycles. The number of nitrogens with one attached hydrogen (secondary N) is 2. The van der Waals surface area contributed by atoms with Crippen LogP contribution in [0.2, 0.25) is 0 Å². The first kappa shape index (κ1) is 16.4. The van der Waals surface area contributed by atoms with E-state index in [-0.39, 0.29) is 11.0 Å². The Balaban J connectivity index is 2.06. The standard InChI is InChI=1S/C14H17N5OS2/c1-8-5-6-11(7-9(8)2)12(20)15-13(21)18-19-10(3)16-17-14(19)22-4/h5-7H,1-4H3,(H2,15,18,20,21). The van der Waals surface area contributed by atoms with Crippen LogP contribution in [0.15, 0.2) is 23.4 Å². The van der Waals surface area contributed by atoms with E-state index in [0.717, 1.165) is 11.1 Å². The SMILES string of the molecule is CSc1nnc(C)n1NC(=S)NC(=O)c1ccc(C)c(C)c1. The first-order chi connectivity index (χ1) is 10.4. The fourth-order valence-corrected chi connectivity index (χ4v) is 2.46. The molecule has 0 bridgehead atoms.